The van der Waals surface area contributed by atoms with Crippen molar-refractivity contribution >= 4 is 12.0 Å². The van der Waals surface area contributed by atoms with Crippen molar-refractivity contribution in [3.63, 3.8) is 0 Å². The highest BCUT2D eigenvalue weighted by molar-refractivity contribution is 5.75. The van der Waals surface area contributed by atoms with E-state index >= 15 is 0 Å². The molecule has 2 amide bonds. The van der Waals surface area contributed by atoms with Crippen molar-refractivity contribution in [2.24, 2.45) is 0 Å². The minimum Gasteiger partial charge on any atom is -0.481 e. The number of aliphatic carboxylic acids is 1. The molecule has 0 saturated carbocycles. The van der Waals surface area contributed by atoms with E-state index in [1.165, 1.54) is 0 Å². The first kappa shape index (κ1) is 15.9. The second-order valence-corrected chi connectivity index (χ2v) is 4.92. The lowest BCUT2D eigenvalue weighted by atomic mass is 10.2. The van der Waals surface area contributed by atoms with Crippen LogP contribution in [-0.2, 0) is 11.3 Å². The predicted octanol–water partition coefficient (Wildman–Crippen LogP) is 1.82. The van der Waals surface area contributed by atoms with Gasteiger partial charge in [0.15, 0.2) is 0 Å². The SMILES string of the molecule is CC(C)N(CCC(=O)O)C(=O)N(C)Cc1ccncc1. The highest BCUT2D eigenvalue weighted by Gasteiger charge is 2.21. The van der Waals surface area contributed by atoms with Gasteiger partial charge in [-0.1, -0.05) is 0 Å². The molecule has 0 radical (unpaired) electrons. The quantitative estimate of drug-likeness (QED) is 0.862. The van der Waals surface area contributed by atoms with Gasteiger partial charge in [-0.15, -0.1) is 0 Å². The topological polar surface area (TPSA) is 73.7 Å². The highest BCUT2D eigenvalue weighted by atomic mass is 16.4. The van der Waals surface area contributed by atoms with E-state index in [4.69, 9.17) is 5.11 Å². The first-order chi connectivity index (χ1) is 9.41. The number of carboxylic acids is 1. The summed E-state index contributed by atoms with van der Waals surface area (Å²) < 4.78 is 0. The van der Waals surface area contributed by atoms with Gasteiger partial charge >= 0.3 is 12.0 Å². The summed E-state index contributed by atoms with van der Waals surface area (Å²) in [5.74, 6) is -0.903. The molecule has 0 unspecified atom stereocenters. The highest BCUT2D eigenvalue weighted by Crippen LogP contribution is 2.08. The molecular weight excluding hydrogens is 258 g/mol. The summed E-state index contributed by atoms with van der Waals surface area (Å²) >= 11 is 0. The number of carbonyl (C=O) groups is 2. The first-order valence-corrected chi connectivity index (χ1v) is 6.54. The normalized spacial score (nSPS) is 10.4. The van der Waals surface area contributed by atoms with Crippen molar-refractivity contribution in [1.82, 2.24) is 14.8 Å². The van der Waals surface area contributed by atoms with Crippen molar-refractivity contribution in [2.75, 3.05) is 13.6 Å². The standard InChI is InChI=1S/C14H21N3O3/c1-11(2)17(9-6-13(18)19)14(20)16(3)10-12-4-7-15-8-5-12/h4-5,7-8,11H,6,9-10H2,1-3H3,(H,18,19). The van der Waals surface area contributed by atoms with Gasteiger partial charge in [0.05, 0.1) is 6.42 Å². The van der Waals surface area contributed by atoms with Crippen LogP contribution in [0.15, 0.2) is 24.5 Å². The van der Waals surface area contributed by atoms with Crippen LogP contribution >= 0.6 is 0 Å². The van der Waals surface area contributed by atoms with E-state index in [9.17, 15) is 9.59 Å². The molecule has 6 heteroatoms. The van der Waals surface area contributed by atoms with E-state index < -0.39 is 5.97 Å². The fourth-order valence-corrected chi connectivity index (χ4v) is 1.84. The Kier molecular flexibility index (Phi) is 5.96. The lowest BCUT2D eigenvalue weighted by molar-refractivity contribution is -0.137. The summed E-state index contributed by atoms with van der Waals surface area (Å²) in [4.78, 5) is 30.1. The summed E-state index contributed by atoms with van der Waals surface area (Å²) in [6.45, 7) is 4.43. The van der Waals surface area contributed by atoms with Crippen molar-refractivity contribution in [1.29, 1.82) is 0 Å². The third-order valence-corrected chi connectivity index (χ3v) is 2.93. The zero-order valence-electron chi connectivity index (χ0n) is 12.1. The van der Waals surface area contributed by atoms with E-state index in [0.29, 0.717) is 6.54 Å². The number of aromatic nitrogens is 1. The molecule has 0 aliphatic heterocycles. The largest absolute Gasteiger partial charge is 0.481 e. The third kappa shape index (κ3) is 4.87. The molecule has 20 heavy (non-hydrogen) atoms. The van der Waals surface area contributed by atoms with Gasteiger partial charge in [-0.2, -0.15) is 0 Å². The van der Waals surface area contributed by atoms with Crippen LogP contribution < -0.4 is 0 Å². The number of carboxylic acid groups (broad SMARTS) is 1. The Balaban J connectivity index is 2.66. The molecule has 110 valence electrons. The van der Waals surface area contributed by atoms with Crippen LogP contribution in [0.1, 0.15) is 25.8 Å². The lowest BCUT2D eigenvalue weighted by Crippen LogP contribution is -2.45. The zero-order valence-corrected chi connectivity index (χ0v) is 12.1. The van der Waals surface area contributed by atoms with Crippen molar-refractivity contribution in [3.8, 4) is 0 Å². The number of rotatable bonds is 6. The van der Waals surface area contributed by atoms with Gasteiger partial charge in [0.1, 0.15) is 0 Å². The van der Waals surface area contributed by atoms with E-state index in [0.717, 1.165) is 5.56 Å². The number of nitrogens with zero attached hydrogens (tertiary/aromatic N) is 3. The predicted molar refractivity (Wildman–Crippen MR) is 75.2 cm³/mol. The van der Waals surface area contributed by atoms with Gasteiger partial charge < -0.3 is 14.9 Å². The molecule has 0 bridgehead atoms. The number of urea groups is 1. The van der Waals surface area contributed by atoms with E-state index in [-0.39, 0.29) is 25.0 Å². The molecule has 1 aromatic heterocycles. The molecule has 1 rings (SSSR count). The number of amides is 2. The summed E-state index contributed by atoms with van der Waals surface area (Å²) in [7, 11) is 1.71. The van der Waals surface area contributed by atoms with Crippen LogP contribution in [0.2, 0.25) is 0 Å². The number of pyridine rings is 1. The van der Waals surface area contributed by atoms with Crippen LogP contribution in [0.25, 0.3) is 0 Å². The summed E-state index contributed by atoms with van der Waals surface area (Å²) in [6, 6.07) is 3.49. The van der Waals surface area contributed by atoms with Gasteiger partial charge in [0.2, 0.25) is 0 Å². The molecular formula is C14H21N3O3. The second-order valence-electron chi connectivity index (χ2n) is 4.92. The van der Waals surface area contributed by atoms with Crippen LogP contribution in [0, 0.1) is 0 Å². The fraction of sp³-hybridized carbons (Fsp3) is 0.500. The summed E-state index contributed by atoms with van der Waals surface area (Å²) in [5.41, 5.74) is 0.984. The summed E-state index contributed by atoms with van der Waals surface area (Å²) in [6.07, 6.45) is 3.31. The van der Waals surface area contributed by atoms with Crippen LogP contribution in [-0.4, -0.2) is 51.5 Å². The Bertz CT molecular complexity index is 448. The van der Waals surface area contributed by atoms with Crippen LogP contribution in [0.3, 0.4) is 0 Å². The Hall–Kier alpha value is -2.11. The molecule has 0 saturated heterocycles. The number of hydrogen-bond acceptors (Lipinski definition) is 3. The second kappa shape index (κ2) is 7.47. The molecule has 1 heterocycles. The molecule has 0 fully saturated rings. The molecule has 0 aliphatic carbocycles. The first-order valence-electron chi connectivity index (χ1n) is 6.54. The van der Waals surface area contributed by atoms with Gasteiger partial charge in [-0.3, -0.25) is 9.78 Å². The van der Waals surface area contributed by atoms with Crippen LogP contribution in [0.4, 0.5) is 4.79 Å². The average Bonchev–Trinajstić information content (AvgIpc) is 2.39. The Labute approximate surface area is 119 Å². The summed E-state index contributed by atoms with van der Waals surface area (Å²) in [5, 5.41) is 8.74. The van der Waals surface area contributed by atoms with E-state index in [2.05, 4.69) is 4.98 Å². The lowest BCUT2D eigenvalue weighted by Gasteiger charge is -2.31. The molecule has 1 N–H and O–H groups in total. The molecule has 0 atom stereocenters. The minimum atomic E-state index is -0.903. The molecule has 0 aliphatic rings. The van der Waals surface area contributed by atoms with Gasteiger partial charge in [0, 0.05) is 38.6 Å². The van der Waals surface area contributed by atoms with Crippen LogP contribution in [0.5, 0.6) is 0 Å². The Morgan fingerprint density at radius 1 is 1.30 bits per heavy atom. The average molecular weight is 279 g/mol. The fourth-order valence-electron chi connectivity index (χ4n) is 1.84. The maximum Gasteiger partial charge on any atom is 0.320 e. The van der Waals surface area contributed by atoms with Crippen molar-refractivity contribution < 1.29 is 14.7 Å². The maximum absolute atomic E-state index is 12.3. The number of carbonyl (C=O) groups excluding carboxylic acids is 1. The molecule has 0 aromatic carbocycles. The van der Waals surface area contributed by atoms with E-state index in [1.54, 1.807) is 29.2 Å². The van der Waals surface area contributed by atoms with Gasteiger partial charge in [0.25, 0.3) is 0 Å². The molecule has 6 nitrogen and oxygen atoms in total. The monoisotopic (exact) mass is 279 g/mol. The van der Waals surface area contributed by atoms with Gasteiger partial charge in [-0.05, 0) is 31.5 Å². The minimum absolute atomic E-state index is 0.0401. The third-order valence-electron chi connectivity index (χ3n) is 2.93. The molecule has 1 aromatic rings. The Morgan fingerprint density at radius 3 is 2.40 bits per heavy atom. The smallest absolute Gasteiger partial charge is 0.320 e. The van der Waals surface area contributed by atoms with Gasteiger partial charge in [-0.25, -0.2) is 4.79 Å². The Morgan fingerprint density at radius 2 is 1.90 bits per heavy atom. The van der Waals surface area contributed by atoms with Crippen molar-refractivity contribution in [3.05, 3.63) is 30.1 Å². The van der Waals surface area contributed by atoms with E-state index in [1.807, 2.05) is 26.0 Å². The molecule has 0 spiro atoms. The van der Waals surface area contributed by atoms with Crippen molar-refractivity contribution in [2.45, 2.75) is 32.9 Å². The number of hydrogen-bond donors (Lipinski definition) is 1. The maximum atomic E-state index is 12.3. The zero-order chi connectivity index (χ0) is 15.1.